The topological polar surface area (TPSA) is 136 Å². The minimum Gasteiger partial charge on any atom is -0.493 e. The van der Waals surface area contributed by atoms with E-state index in [4.69, 9.17) is 24.4 Å². The van der Waals surface area contributed by atoms with Crippen LogP contribution in [0.4, 0.5) is 0 Å². The normalized spacial score (nSPS) is 15.5. The van der Waals surface area contributed by atoms with Gasteiger partial charge >= 0.3 is 5.97 Å². The van der Waals surface area contributed by atoms with Gasteiger partial charge in [-0.1, -0.05) is 6.07 Å². The molecule has 12 heteroatoms. The van der Waals surface area contributed by atoms with Crippen LogP contribution >= 0.6 is 11.8 Å². The lowest BCUT2D eigenvalue weighted by molar-refractivity contribution is -0.114. The molecule has 0 atom stereocenters. The molecule has 0 fully saturated rings. The number of hydrogen-bond acceptors (Lipinski definition) is 10. The van der Waals surface area contributed by atoms with Gasteiger partial charge in [0.15, 0.2) is 28.8 Å². The summed E-state index contributed by atoms with van der Waals surface area (Å²) in [6.07, 6.45) is 4.81. The van der Waals surface area contributed by atoms with E-state index in [-0.39, 0.29) is 28.5 Å². The zero-order valence-electron chi connectivity index (χ0n) is 21.0. The number of pyridine rings is 1. The minimum atomic E-state index is -0.625. The molecule has 1 aromatic heterocycles. The highest BCUT2D eigenvalue weighted by Gasteiger charge is 2.36. The number of hydrogen-bond donors (Lipinski definition) is 1. The van der Waals surface area contributed by atoms with E-state index in [0.717, 1.165) is 5.56 Å². The van der Waals surface area contributed by atoms with Crippen LogP contribution in [0.15, 0.2) is 76.6 Å². The molecule has 0 aliphatic carbocycles. The third-order valence-electron chi connectivity index (χ3n) is 5.68. The summed E-state index contributed by atoms with van der Waals surface area (Å²) in [4.78, 5) is 33.8. The van der Waals surface area contributed by atoms with Crippen LogP contribution in [0.2, 0.25) is 0 Å². The number of hydrazone groups is 1. The number of aliphatic imine (C=N–C) groups is 1. The van der Waals surface area contributed by atoms with Crippen LogP contribution in [0.1, 0.15) is 21.5 Å². The molecule has 0 saturated carbocycles. The molecular weight excluding hydrogens is 522 g/mol. The van der Waals surface area contributed by atoms with Crippen molar-refractivity contribution in [3.05, 3.63) is 83.2 Å². The highest BCUT2D eigenvalue weighted by molar-refractivity contribution is 8.27. The van der Waals surface area contributed by atoms with Crippen molar-refractivity contribution in [3.8, 4) is 23.0 Å². The Morgan fingerprint density at radius 2 is 1.72 bits per heavy atom. The van der Waals surface area contributed by atoms with Gasteiger partial charge in [0.05, 0.1) is 32.5 Å². The molecule has 0 radical (unpaired) electrons. The van der Waals surface area contributed by atoms with Gasteiger partial charge in [0, 0.05) is 18.0 Å². The van der Waals surface area contributed by atoms with Crippen molar-refractivity contribution in [2.45, 2.75) is 0 Å². The summed E-state index contributed by atoms with van der Waals surface area (Å²) < 4.78 is 21.4. The lowest BCUT2D eigenvalue weighted by atomic mass is 10.1. The number of carbonyl (C=O) groups excluding carboxylic acids is 2. The zero-order valence-corrected chi connectivity index (χ0v) is 21.8. The molecule has 196 valence electrons. The summed E-state index contributed by atoms with van der Waals surface area (Å²) in [6.45, 7) is 0. The fourth-order valence-corrected chi connectivity index (χ4v) is 4.63. The predicted molar refractivity (Wildman–Crippen MR) is 146 cm³/mol. The number of nitrogens with one attached hydrogen (secondary N) is 1. The van der Waals surface area contributed by atoms with E-state index in [1.165, 1.54) is 50.2 Å². The number of amides is 1. The number of fused-ring (bicyclic) bond motifs is 1. The lowest BCUT2D eigenvalue weighted by Crippen LogP contribution is -2.35. The number of ether oxygens (including phenoxy) is 4. The number of rotatable bonds is 7. The number of benzene rings is 2. The van der Waals surface area contributed by atoms with E-state index >= 15 is 0 Å². The maximum absolute atomic E-state index is 12.8. The average molecular weight is 544 g/mol. The van der Waals surface area contributed by atoms with Crippen molar-refractivity contribution in [2.24, 2.45) is 10.1 Å². The SMILES string of the molecule is COc1ccc(C(=O)Oc2ccc(/C=C3/C(=N)N4N=C(c5cccnc5)SC4=NC3=O)cc2OC)cc1OC. The first kappa shape index (κ1) is 25.7. The molecule has 39 heavy (non-hydrogen) atoms. The van der Waals surface area contributed by atoms with Crippen LogP contribution in [-0.4, -0.2) is 59.2 Å². The Morgan fingerprint density at radius 3 is 2.44 bits per heavy atom. The number of carbonyl (C=O) groups is 2. The molecule has 0 bridgehead atoms. The standard InChI is InChI=1S/C27H21N5O6S/c1-35-19-9-7-16(13-22(19)37-3)26(34)38-20-8-6-15(12-21(20)36-2)11-18-23(28)32-27(30-24(18)33)39-25(31-32)17-5-4-10-29-14-17/h4-14,28H,1-3H3/b18-11-,28-23?. The molecule has 0 unspecified atom stereocenters. The Bertz CT molecular complexity index is 1580. The van der Waals surface area contributed by atoms with Crippen LogP contribution < -0.4 is 18.9 Å². The van der Waals surface area contributed by atoms with Crippen molar-refractivity contribution in [3.63, 3.8) is 0 Å². The van der Waals surface area contributed by atoms with Gasteiger partial charge in [0.2, 0.25) is 5.17 Å². The van der Waals surface area contributed by atoms with Gasteiger partial charge < -0.3 is 18.9 Å². The molecule has 0 saturated heterocycles. The van der Waals surface area contributed by atoms with Crippen LogP contribution in [0.5, 0.6) is 23.0 Å². The molecule has 3 aromatic rings. The number of amidine groups is 2. The highest BCUT2D eigenvalue weighted by atomic mass is 32.2. The number of aromatic nitrogens is 1. The maximum atomic E-state index is 12.8. The summed E-state index contributed by atoms with van der Waals surface area (Å²) in [7, 11) is 4.41. The highest BCUT2D eigenvalue weighted by Crippen LogP contribution is 2.34. The molecule has 2 aromatic carbocycles. The summed E-state index contributed by atoms with van der Waals surface area (Å²) in [5, 5.41) is 15.2. The first-order valence-electron chi connectivity index (χ1n) is 11.4. The van der Waals surface area contributed by atoms with Crippen LogP contribution in [0, 0.1) is 5.41 Å². The predicted octanol–water partition coefficient (Wildman–Crippen LogP) is 3.99. The van der Waals surface area contributed by atoms with E-state index in [9.17, 15) is 9.59 Å². The quantitative estimate of drug-likeness (QED) is 0.266. The van der Waals surface area contributed by atoms with E-state index in [2.05, 4.69) is 15.1 Å². The Kier molecular flexibility index (Phi) is 7.10. The van der Waals surface area contributed by atoms with Gasteiger partial charge in [-0.25, -0.2) is 4.79 Å². The van der Waals surface area contributed by atoms with E-state index in [1.54, 1.807) is 48.8 Å². The van der Waals surface area contributed by atoms with Gasteiger partial charge in [-0.3, -0.25) is 15.2 Å². The Balaban J connectivity index is 1.38. The molecule has 0 spiro atoms. The summed E-state index contributed by atoms with van der Waals surface area (Å²) in [5.74, 6) is -0.00414. The van der Waals surface area contributed by atoms with Gasteiger partial charge in [-0.05, 0) is 65.9 Å². The molecule has 2 aliphatic heterocycles. The van der Waals surface area contributed by atoms with Crippen LogP contribution in [0.3, 0.4) is 0 Å². The summed E-state index contributed by atoms with van der Waals surface area (Å²) in [5.41, 5.74) is 1.60. The summed E-state index contributed by atoms with van der Waals surface area (Å²) in [6, 6.07) is 13.1. The Labute approximate surface area is 227 Å². The fraction of sp³-hybridized carbons (Fsp3) is 0.111. The first-order valence-corrected chi connectivity index (χ1v) is 12.3. The minimum absolute atomic E-state index is 0.0488. The third kappa shape index (κ3) is 5.09. The second-order valence-corrected chi connectivity index (χ2v) is 8.99. The second-order valence-electron chi connectivity index (χ2n) is 8.04. The van der Waals surface area contributed by atoms with Crippen molar-refractivity contribution < 1.29 is 28.5 Å². The monoisotopic (exact) mass is 543 g/mol. The second kappa shape index (κ2) is 10.8. The zero-order chi connectivity index (χ0) is 27.5. The largest absolute Gasteiger partial charge is 0.493 e. The Morgan fingerprint density at radius 1 is 0.974 bits per heavy atom. The number of thioether (sulfide) groups is 1. The molecule has 11 nitrogen and oxygen atoms in total. The van der Waals surface area contributed by atoms with Crippen molar-refractivity contribution in [1.82, 2.24) is 9.99 Å². The van der Waals surface area contributed by atoms with Gasteiger partial charge in [0.1, 0.15) is 5.04 Å². The molecule has 2 aliphatic rings. The van der Waals surface area contributed by atoms with Crippen LogP contribution in [-0.2, 0) is 4.79 Å². The number of nitrogens with zero attached hydrogens (tertiary/aromatic N) is 4. The average Bonchev–Trinajstić information content (AvgIpc) is 3.40. The first-order chi connectivity index (χ1) is 18.9. The molecule has 3 heterocycles. The Hall–Kier alpha value is -4.97. The van der Waals surface area contributed by atoms with E-state index < -0.39 is 11.9 Å². The van der Waals surface area contributed by atoms with Crippen LogP contribution in [0.25, 0.3) is 6.08 Å². The molecule has 1 N–H and O–H groups in total. The fourth-order valence-electron chi connectivity index (χ4n) is 3.74. The number of esters is 1. The molecule has 5 rings (SSSR count). The summed E-state index contributed by atoms with van der Waals surface area (Å²) >= 11 is 1.19. The van der Waals surface area contributed by atoms with Crippen molar-refractivity contribution in [2.75, 3.05) is 21.3 Å². The maximum Gasteiger partial charge on any atom is 0.343 e. The van der Waals surface area contributed by atoms with Gasteiger partial charge in [-0.2, -0.15) is 15.1 Å². The van der Waals surface area contributed by atoms with E-state index in [0.29, 0.717) is 27.3 Å². The third-order valence-corrected chi connectivity index (χ3v) is 6.64. The smallest absolute Gasteiger partial charge is 0.343 e. The van der Waals surface area contributed by atoms with Gasteiger partial charge in [0.25, 0.3) is 5.91 Å². The molecular formula is C27H21N5O6S. The van der Waals surface area contributed by atoms with Crippen molar-refractivity contribution >= 4 is 45.8 Å². The number of methoxy groups -OCH3 is 3. The lowest BCUT2D eigenvalue weighted by Gasteiger charge is -2.20. The van der Waals surface area contributed by atoms with Gasteiger partial charge in [-0.15, -0.1) is 0 Å². The van der Waals surface area contributed by atoms with Crippen molar-refractivity contribution in [1.29, 1.82) is 5.41 Å². The van der Waals surface area contributed by atoms with E-state index in [1.807, 2.05) is 6.07 Å². The molecule has 1 amide bonds.